The third-order valence-electron chi connectivity index (χ3n) is 2.93. The van der Waals surface area contributed by atoms with Crippen molar-refractivity contribution < 1.29 is 4.92 Å². The largest absolute Gasteiger partial charge is 0.314 e. The van der Waals surface area contributed by atoms with Crippen LogP contribution in [0.2, 0.25) is 0 Å². The van der Waals surface area contributed by atoms with Crippen LogP contribution in [0.25, 0.3) is 0 Å². The van der Waals surface area contributed by atoms with Crippen LogP contribution in [0, 0.1) is 17.0 Å². The molecular formula is C13H20N2O2. The Morgan fingerprint density at radius 1 is 1.41 bits per heavy atom. The molecule has 0 heterocycles. The SMILES string of the molecule is CCNC(CC)Cc1ccc([N+](=O)[O-])c(C)c1. The summed E-state index contributed by atoms with van der Waals surface area (Å²) in [6, 6.07) is 5.81. The second-order valence-corrected chi connectivity index (χ2v) is 4.24. The van der Waals surface area contributed by atoms with Crippen molar-refractivity contribution in [1.82, 2.24) is 5.32 Å². The average molecular weight is 236 g/mol. The standard InChI is InChI=1S/C13H20N2O2/c1-4-12(14-5-2)9-11-6-7-13(15(16)17)10(3)8-11/h6-8,12,14H,4-5,9H2,1-3H3. The highest BCUT2D eigenvalue weighted by Crippen LogP contribution is 2.19. The molecule has 4 heteroatoms. The fourth-order valence-electron chi connectivity index (χ4n) is 1.98. The first kappa shape index (κ1) is 13.6. The van der Waals surface area contributed by atoms with Gasteiger partial charge in [-0.1, -0.05) is 19.9 Å². The number of nitro groups is 1. The number of nitro benzene ring substituents is 1. The van der Waals surface area contributed by atoms with Crippen LogP contribution in [0.3, 0.4) is 0 Å². The molecule has 1 aromatic carbocycles. The summed E-state index contributed by atoms with van der Waals surface area (Å²) in [5, 5.41) is 14.1. The normalized spacial score (nSPS) is 12.4. The quantitative estimate of drug-likeness (QED) is 0.610. The van der Waals surface area contributed by atoms with Crippen molar-refractivity contribution in [1.29, 1.82) is 0 Å². The van der Waals surface area contributed by atoms with Crippen molar-refractivity contribution in [3.8, 4) is 0 Å². The molecule has 0 saturated heterocycles. The van der Waals surface area contributed by atoms with Crippen molar-refractivity contribution in [2.75, 3.05) is 6.54 Å². The number of benzene rings is 1. The summed E-state index contributed by atoms with van der Waals surface area (Å²) in [5.74, 6) is 0. The highest BCUT2D eigenvalue weighted by atomic mass is 16.6. The molecule has 1 atom stereocenters. The number of rotatable bonds is 6. The third kappa shape index (κ3) is 3.82. The van der Waals surface area contributed by atoms with Crippen LogP contribution < -0.4 is 5.32 Å². The number of nitrogens with zero attached hydrogens (tertiary/aromatic N) is 1. The number of hydrogen-bond acceptors (Lipinski definition) is 3. The second kappa shape index (κ2) is 6.35. The predicted octanol–water partition coefficient (Wildman–Crippen LogP) is 2.83. The first-order valence-electron chi connectivity index (χ1n) is 6.05. The van der Waals surface area contributed by atoms with E-state index in [1.165, 1.54) is 0 Å². The van der Waals surface area contributed by atoms with E-state index in [0.29, 0.717) is 6.04 Å². The van der Waals surface area contributed by atoms with E-state index in [2.05, 4.69) is 19.2 Å². The molecule has 94 valence electrons. The Hall–Kier alpha value is -1.42. The highest BCUT2D eigenvalue weighted by molar-refractivity contribution is 5.42. The molecule has 0 bridgehead atoms. The maximum absolute atomic E-state index is 10.7. The Morgan fingerprint density at radius 3 is 2.59 bits per heavy atom. The van der Waals surface area contributed by atoms with Crippen molar-refractivity contribution in [2.24, 2.45) is 0 Å². The number of hydrogen-bond donors (Lipinski definition) is 1. The molecule has 0 spiro atoms. The lowest BCUT2D eigenvalue weighted by molar-refractivity contribution is -0.385. The molecule has 0 aliphatic heterocycles. The first-order valence-corrected chi connectivity index (χ1v) is 6.05. The van der Waals surface area contributed by atoms with Gasteiger partial charge in [0.25, 0.3) is 5.69 Å². The van der Waals surface area contributed by atoms with Crippen molar-refractivity contribution in [3.05, 3.63) is 39.4 Å². The predicted molar refractivity (Wildman–Crippen MR) is 69.3 cm³/mol. The molecule has 0 radical (unpaired) electrons. The van der Waals surface area contributed by atoms with Crippen LogP contribution in [0.5, 0.6) is 0 Å². The zero-order chi connectivity index (χ0) is 12.8. The molecule has 1 N–H and O–H groups in total. The molecule has 0 fully saturated rings. The van der Waals surface area contributed by atoms with E-state index in [9.17, 15) is 10.1 Å². The van der Waals surface area contributed by atoms with Gasteiger partial charge in [0.2, 0.25) is 0 Å². The Labute approximate surface area is 102 Å². The molecule has 1 unspecified atom stereocenters. The molecule has 0 amide bonds. The Morgan fingerprint density at radius 2 is 2.12 bits per heavy atom. The van der Waals surface area contributed by atoms with Gasteiger partial charge in [-0.25, -0.2) is 0 Å². The van der Waals surface area contributed by atoms with Crippen LogP contribution >= 0.6 is 0 Å². The summed E-state index contributed by atoms with van der Waals surface area (Å²) in [6.07, 6.45) is 1.98. The minimum Gasteiger partial charge on any atom is -0.314 e. The summed E-state index contributed by atoms with van der Waals surface area (Å²) in [4.78, 5) is 10.4. The van der Waals surface area contributed by atoms with E-state index in [-0.39, 0.29) is 10.6 Å². The Balaban J connectivity index is 2.79. The van der Waals surface area contributed by atoms with E-state index in [1.807, 2.05) is 12.1 Å². The zero-order valence-corrected chi connectivity index (χ0v) is 10.7. The number of aryl methyl sites for hydroxylation is 1. The van der Waals surface area contributed by atoms with Gasteiger partial charge < -0.3 is 5.32 Å². The maximum atomic E-state index is 10.7. The molecule has 0 saturated carbocycles. The van der Waals surface area contributed by atoms with Gasteiger partial charge in [0.05, 0.1) is 4.92 Å². The van der Waals surface area contributed by atoms with Gasteiger partial charge in [0.1, 0.15) is 0 Å². The van der Waals surface area contributed by atoms with Gasteiger partial charge in [-0.2, -0.15) is 0 Å². The highest BCUT2D eigenvalue weighted by Gasteiger charge is 2.12. The number of likely N-dealkylation sites (N-methyl/N-ethyl adjacent to an activating group) is 1. The molecule has 0 aliphatic carbocycles. The van der Waals surface area contributed by atoms with Gasteiger partial charge in [-0.3, -0.25) is 10.1 Å². The molecule has 0 aromatic heterocycles. The lowest BCUT2D eigenvalue weighted by atomic mass is 10.0. The summed E-state index contributed by atoms with van der Waals surface area (Å²) < 4.78 is 0. The van der Waals surface area contributed by atoms with E-state index in [1.54, 1.807) is 13.0 Å². The van der Waals surface area contributed by atoms with Gasteiger partial charge in [0.15, 0.2) is 0 Å². The summed E-state index contributed by atoms with van der Waals surface area (Å²) in [5.41, 5.74) is 2.09. The van der Waals surface area contributed by atoms with Crippen LogP contribution in [-0.4, -0.2) is 17.5 Å². The van der Waals surface area contributed by atoms with Crippen molar-refractivity contribution >= 4 is 5.69 Å². The van der Waals surface area contributed by atoms with Gasteiger partial charge in [0, 0.05) is 17.7 Å². The lowest BCUT2D eigenvalue weighted by Gasteiger charge is -2.15. The van der Waals surface area contributed by atoms with Gasteiger partial charge in [-0.05, 0) is 37.9 Å². The molecule has 0 aliphatic rings. The summed E-state index contributed by atoms with van der Waals surface area (Å²) in [7, 11) is 0. The number of nitrogens with one attached hydrogen (secondary N) is 1. The topological polar surface area (TPSA) is 55.2 Å². The molecule has 1 rings (SSSR count). The molecular weight excluding hydrogens is 216 g/mol. The molecule has 4 nitrogen and oxygen atoms in total. The van der Waals surface area contributed by atoms with Crippen LogP contribution in [-0.2, 0) is 6.42 Å². The second-order valence-electron chi connectivity index (χ2n) is 4.24. The van der Waals surface area contributed by atoms with E-state index >= 15 is 0 Å². The van der Waals surface area contributed by atoms with Crippen LogP contribution in [0.1, 0.15) is 31.4 Å². The fourth-order valence-corrected chi connectivity index (χ4v) is 1.98. The zero-order valence-electron chi connectivity index (χ0n) is 10.7. The molecule has 1 aromatic rings. The monoisotopic (exact) mass is 236 g/mol. The maximum Gasteiger partial charge on any atom is 0.272 e. The first-order chi connectivity index (χ1) is 8.08. The third-order valence-corrected chi connectivity index (χ3v) is 2.93. The van der Waals surface area contributed by atoms with Gasteiger partial charge >= 0.3 is 0 Å². The lowest BCUT2D eigenvalue weighted by Crippen LogP contribution is -2.30. The minimum absolute atomic E-state index is 0.199. The Kier molecular flexibility index (Phi) is 5.10. The smallest absolute Gasteiger partial charge is 0.272 e. The minimum atomic E-state index is -0.333. The molecule has 17 heavy (non-hydrogen) atoms. The fraction of sp³-hybridized carbons (Fsp3) is 0.538. The van der Waals surface area contributed by atoms with Crippen LogP contribution in [0.15, 0.2) is 18.2 Å². The average Bonchev–Trinajstić information content (AvgIpc) is 2.28. The van der Waals surface area contributed by atoms with E-state index in [0.717, 1.165) is 30.5 Å². The van der Waals surface area contributed by atoms with Crippen molar-refractivity contribution in [3.63, 3.8) is 0 Å². The summed E-state index contributed by atoms with van der Waals surface area (Å²) >= 11 is 0. The van der Waals surface area contributed by atoms with E-state index in [4.69, 9.17) is 0 Å². The Bertz CT molecular complexity index is 391. The van der Waals surface area contributed by atoms with Crippen molar-refractivity contribution in [2.45, 2.75) is 39.7 Å². The summed E-state index contributed by atoms with van der Waals surface area (Å²) in [6.45, 7) is 6.97. The van der Waals surface area contributed by atoms with Gasteiger partial charge in [-0.15, -0.1) is 0 Å². The van der Waals surface area contributed by atoms with E-state index < -0.39 is 0 Å². The van der Waals surface area contributed by atoms with Crippen LogP contribution in [0.4, 0.5) is 5.69 Å².